The number of fused-ring (bicyclic) bond motifs is 2. The van der Waals surface area contributed by atoms with Crippen LogP contribution >= 0.6 is 0 Å². The highest BCUT2D eigenvalue weighted by atomic mass is 16.5. The zero-order valence-electron chi connectivity index (χ0n) is 16.8. The Bertz CT molecular complexity index is 1180. The summed E-state index contributed by atoms with van der Waals surface area (Å²) in [4.78, 5) is 4.54. The average molecular weight is 385 g/mol. The summed E-state index contributed by atoms with van der Waals surface area (Å²) in [6.07, 6.45) is 0. The van der Waals surface area contributed by atoms with Crippen LogP contribution in [0.4, 0.5) is 0 Å². The van der Waals surface area contributed by atoms with E-state index in [-0.39, 0.29) is 11.8 Å². The first kappa shape index (κ1) is 17.8. The van der Waals surface area contributed by atoms with Crippen molar-refractivity contribution >= 4 is 11.1 Å². The summed E-state index contributed by atoms with van der Waals surface area (Å²) in [5, 5.41) is 0. The van der Waals surface area contributed by atoms with Gasteiger partial charge in [0.05, 0.1) is 13.7 Å². The van der Waals surface area contributed by atoms with Gasteiger partial charge in [-0.1, -0.05) is 42.0 Å². The number of aryl methyl sites for hydroxylation is 2. The van der Waals surface area contributed by atoms with Crippen LogP contribution < -0.4 is 9.47 Å². The van der Waals surface area contributed by atoms with Crippen molar-refractivity contribution in [3.05, 3.63) is 88.8 Å². The van der Waals surface area contributed by atoms with Crippen LogP contribution in [0.15, 0.2) is 65.1 Å². The zero-order valence-corrected chi connectivity index (χ0v) is 16.8. The predicted molar refractivity (Wildman–Crippen MR) is 113 cm³/mol. The molecule has 0 N–H and O–H groups in total. The minimum Gasteiger partial charge on any atom is -0.497 e. The second-order valence-electron chi connectivity index (χ2n) is 7.67. The Hall–Kier alpha value is -3.27. The van der Waals surface area contributed by atoms with Gasteiger partial charge in [0.25, 0.3) is 0 Å². The van der Waals surface area contributed by atoms with Gasteiger partial charge in [-0.05, 0) is 36.2 Å². The van der Waals surface area contributed by atoms with Gasteiger partial charge in [-0.2, -0.15) is 0 Å². The first-order valence-electron chi connectivity index (χ1n) is 9.87. The molecule has 0 aliphatic carbocycles. The molecule has 0 amide bonds. The number of rotatable bonds is 3. The van der Waals surface area contributed by atoms with Gasteiger partial charge in [0.2, 0.25) is 0 Å². The van der Waals surface area contributed by atoms with E-state index in [9.17, 15) is 0 Å². The molecule has 0 saturated heterocycles. The number of hydrogen-bond donors (Lipinski definition) is 0. The quantitative estimate of drug-likeness (QED) is 0.450. The molecule has 1 aliphatic heterocycles. The molecule has 4 heteroatoms. The third kappa shape index (κ3) is 3.15. The van der Waals surface area contributed by atoms with E-state index in [0.29, 0.717) is 12.5 Å². The molecular formula is C25H23NO3. The summed E-state index contributed by atoms with van der Waals surface area (Å²) in [6.45, 7) is 4.61. The van der Waals surface area contributed by atoms with Crippen molar-refractivity contribution in [1.29, 1.82) is 0 Å². The highest BCUT2D eigenvalue weighted by Gasteiger charge is 2.34. The van der Waals surface area contributed by atoms with Crippen molar-refractivity contribution in [2.24, 2.45) is 0 Å². The van der Waals surface area contributed by atoms with Crippen molar-refractivity contribution in [2.75, 3.05) is 13.7 Å². The summed E-state index contributed by atoms with van der Waals surface area (Å²) >= 11 is 0. The maximum atomic E-state index is 6.19. The lowest BCUT2D eigenvalue weighted by Crippen LogP contribution is -2.25. The van der Waals surface area contributed by atoms with Crippen LogP contribution in [0.2, 0.25) is 0 Å². The summed E-state index contributed by atoms with van der Waals surface area (Å²) in [6, 6.07) is 21.2. The normalized spacial score (nSPS) is 18.3. The van der Waals surface area contributed by atoms with E-state index >= 15 is 0 Å². The van der Waals surface area contributed by atoms with Crippen LogP contribution in [0.25, 0.3) is 11.1 Å². The number of nitrogens with zero attached hydrogens (tertiary/aromatic N) is 1. The van der Waals surface area contributed by atoms with Crippen molar-refractivity contribution in [3.8, 4) is 11.5 Å². The lowest BCUT2D eigenvalue weighted by molar-refractivity contribution is 0.247. The molecule has 2 heterocycles. The SMILES string of the molecule is COc1ccc2c(c1)OC[C@H](c1ccc(C)cc1)[C@@H]2c1ccc2oc(C)nc2c1. The summed E-state index contributed by atoms with van der Waals surface area (Å²) in [5.41, 5.74) is 6.63. The van der Waals surface area contributed by atoms with Gasteiger partial charge >= 0.3 is 0 Å². The topological polar surface area (TPSA) is 44.5 Å². The van der Waals surface area contributed by atoms with Crippen LogP contribution in [-0.2, 0) is 0 Å². The second-order valence-corrected chi connectivity index (χ2v) is 7.67. The van der Waals surface area contributed by atoms with Gasteiger partial charge in [0, 0.05) is 30.4 Å². The Kier molecular flexibility index (Phi) is 4.27. The van der Waals surface area contributed by atoms with Gasteiger partial charge in [0.15, 0.2) is 11.5 Å². The molecule has 0 saturated carbocycles. The standard InChI is InChI=1S/C25H23NO3/c1-15-4-6-17(7-5-15)21-14-28-24-13-19(27-3)9-10-20(24)25(21)18-8-11-23-22(12-18)26-16(2)29-23/h4-13,21,25H,14H2,1-3H3/t21-,25-/m1/s1. The van der Waals surface area contributed by atoms with Gasteiger partial charge in [0.1, 0.15) is 17.0 Å². The molecule has 3 aromatic carbocycles. The van der Waals surface area contributed by atoms with Crippen LogP contribution in [0.3, 0.4) is 0 Å². The number of hydrogen-bond acceptors (Lipinski definition) is 4. The molecule has 1 aromatic heterocycles. The van der Waals surface area contributed by atoms with Crippen LogP contribution in [0.5, 0.6) is 11.5 Å². The second kappa shape index (κ2) is 6.96. The molecular weight excluding hydrogens is 362 g/mol. The summed E-state index contributed by atoms with van der Waals surface area (Å²) < 4.78 is 17.3. The summed E-state index contributed by atoms with van der Waals surface area (Å²) in [5.74, 6) is 2.74. The van der Waals surface area contributed by atoms with Crippen molar-refractivity contribution in [1.82, 2.24) is 4.98 Å². The number of aromatic nitrogens is 1. The number of methoxy groups -OCH3 is 1. The molecule has 4 aromatic rings. The molecule has 146 valence electrons. The molecule has 0 spiro atoms. The molecule has 0 bridgehead atoms. The van der Waals surface area contributed by atoms with Crippen LogP contribution in [0, 0.1) is 13.8 Å². The monoisotopic (exact) mass is 385 g/mol. The smallest absolute Gasteiger partial charge is 0.192 e. The Morgan fingerprint density at radius 2 is 1.72 bits per heavy atom. The highest BCUT2D eigenvalue weighted by molar-refractivity contribution is 5.74. The zero-order chi connectivity index (χ0) is 20.0. The van der Waals surface area contributed by atoms with E-state index < -0.39 is 0 Å². The first-order chi connectivity index (χ1) is 14.1. The average Bonchev–Trinajstić information content (AvgIpc) is 3.12. The minimum atomic E-state index is 0.161. The maximum absolute atomic E-state index is 6.19. The van der Waals surface area contributed by atoms with Crippen molar-refractivity contribution < 1.29 is 13.9 Å². The van der Waals surface area contributed by atoms with Gasteiger partial charge in [-0.15, -0.1) is 0 Å². The fourth-order valence-corrected chi connectivity index (χ4v) is 4.28. The minimum absolute atomic E-state index is 0.161. The number of oxazole rings is 1. The largest absolute Gasteiger partial charge is 0.497 e. The third-order valence-corrected chi connectivity index (χ3v) is 5.76. The fourth-order valence-electron chi connectivity index (χ4n) is 4.28. The number of benzene rings is 3. The first-order valence-corrected chi connectivity index (χ1v) is 9.87. The molecule has 0 unspecified atom stereocenters. The van der Waals surface area contributed by atoms with Crippen LogP contribution in [0.1, 0.15) is 40.0 Å². The van der Waals surface area contributed by atoms with Gasteiger partial charge < -0.3 is 13.9 Å². The summed E-state index contributed by atoms with van der Waals surface area (Å²) in [7, 11) is 1.68. The lowest BCUT2D eigenvalue weighted by Gasteiger charge is -2.34. The maximum Gasteiger partial charge on any atom is 0.192 e. The van der Waals surface area contributed by atoms with E-state index in [2.05, 4.69) is 54.4 Å². The molecule has 2 atom stereocenters. The Balaban J connectivity index is 1.67. The van der Waals surface area contributed by atoms with E-state index in [1.165, 1.54) is 22.3 Å². The van der Waals surface area contributed by atoms with Gasteiger partial charge in [-0.3, -0.25) is 0 Å². The Labute approximate surface area is 170 Å². The molecule has 4 nitrogen and oxygen atoms in total. The van der Waals surface area contributed by atoms with E-state index in [1.807, 2.05) is 25.1 Å². The van der Waals surface area contributed by atoms with Crippen LogP contribution in [-0.4, -0.2) is 18.7 Å². The Morgan fingerprint density at radius 3 is 2.52 bits per heavy atom. The Morgan fingerprint density at radius 1 is 0.931 bits per heavy atom. The molecule has 5 rings (SSSR count). The third-order valence-electron chi connectivity index (χ3n) is 5.76. The van der Waals surface area contributed by atoms with E-state index in [1.54, 1.807) is 7.11 Å². The van der Waals surface area contributed by atoms with E-state index in [4.69, 9.17) is 13.9 Å². The molecule has 29 heavy (non-hydrogen) atoms. The predicted octanol–water partition coefficient (Wildman–Crippen LogP) is 5.76. The van der Waals surface area contributed by atoms with Crippen molar-refractivity contribution in [2.45, 2.75) is 25.7 Å². The fraction of sp³-hybridized carbons (Fsp3) is 0.240. The number of ether oxygens (including phenoxy) is 2. The molecule has 0 fully saturated rings. The molecule has 1 aliphatic rings. The highest BCUT2D eigenvalue weighted by Crippen LogP contribution is 2.47. The van der Waals surface area contributed by atoms with Gasteiger partial charge in [-0.25, -0.2) is 4.98 Å². The van der Waals surface area contributed by atoms with Crippen molar-refractivity contribution in [3.63, 3.8) is 0 Å². The lowest BCUT2D eigenvalue weighted by atomic mass is 9.75. The molecule has 0 radical (unpaired) electrons. The van der Waals surface area contributed by atoms with E-state index in [0.717, 1.165) is 22.6 Å².